The highest BCUT2D eigenvalue weighted by Crippen LogP contribution is 2.42. The van der Waals surface area contributed by atoms with Crippen LogP contribution in [0.1, 0.15) is 21.8 Å². The van der Waals surface area contributed by atoms with Gasteiger partial charge in [-0.25, -0.2) is 0 Å². The molecule has 0 spiro atoms. The number of carbonyl (C=O) groups is 1. The molecule has 11 heteroatoms. The quantitative estimate of drug-likeness (QED) is 0.293. The van der Waals surface area contributed by atoms with Crippen LogP contribution in [0.25, 0.3) is 0 Å². The standard InChI is InChI=1S/C21H22O11/c22-6-15-18(27)19(28)20(29)21(32-15)31-9-4-13(25)16-14(5-9)30-7-10(17(16)26)8-1-2-11(23)12(24)3-8/h1-5,10,15,18-25,27-29H,6-7H2. The summed E-state index contributed by atoms with van der Waals surface area (Å²) >= 11 is 0. The number of carbonyl (C=O) groups excluding carboxylic acids is 1. The molecule has 0 aromatic heterocycles. The first-order chi connectivity index (χ1) is 15.2. The zero-order chi connectivity index (χ0) is 23.2. The fourth-order valence-corrected chi connectivity index (χ4v) is 3.73. The van der Waals surface area contributed by atoms with Gasteiger partial charge in [0.15, 0.2) is 17.3 Å². The van der Waals surface area contributed by atoms with E-state index in [9.17, 15) is 40.5 Å². The lowest BCUT2D eigenvalue weighted by Crippen LogP contribution is -2.60. The monoisotopic (exact) mass is 450 g/mol. The lowest BCUT2D eigenvalue weighted by atomic mass is 9.88. The zero-order valence-electron chi connectivity index (χ0n) is 16.5. The summed E-state index contributed by atoms with van der Waals surface area (Å²) in [6.07, 6.45) is -7.50. The second kappa shape index (κ2) is 8.45. The molecule has 2 aromatic rings. The number of aromatic hydroxyl groups is 3. The molecule has 7 N–H and O–H groups in total. The molecule has 6 atom stereocenters. The number of aliphatic hydroxyl groups is 4. The molecule has 4 rings (SSSR count). The van der Waals surface area contributed by atoms with Crippen LogP contribution in [-0.2, 0) is 4.74 Å². The van der Waals surface area contributed by atoms with Gasteiger partial charge in [-0.1, -0.05) is 6.07 Å². The van der Waals surface area contributed by atoms with Crippen molar-refractivity contribution in [2.75, 3.05) is 13.2 Å². The smallest absolute Gasteiger partial charge is 0.229 e. The van der Waals surface area contributed by atoms with Gasteiger partial charge in [0.1, 0.15) is 53.8 Å². The van der Waals surface area contributed by atoms with E-state index in [-0.39, 0.29) is 29.4 Å². The first kappa shape index (κ1) is 22.1. The maximum Gasteiger partial charge on any atom is 0.229 e. The number of ether oxygens (including phenoxy) is 3. The number of rotatable bonds is 4. The van der Waals surface area contributed by atoms with E-state index < -0.39 is 60.5 Å². The SMILES string of the molecule is O=C1c2c(O)cc(OC3OC(CO)C(O)C(O)C3O)cc2OCC1c1ccc(O)c(O)c1. The van der Waals surface area contributed by atoms with Gasteiger partial charge in [0.25, 0.3) is 0 Å². The van der Waals surface area contributed by atoms with Crippen molar-refractivity contribution in [3.8, 4) is 28.7 Å². The molecule has 1 fully saturated rings. The van der Waals surface area contributed by atoms with Crippen LogP contribution in [-0.4, -0.2) is 85.4 Å². The number of fused-ring (bicyclic) bond motifs is 1. The Balaban J connectivity index is 1.58. The number of Topliss-reactive ketones (excluding diaryl/α,β-unsaturated/α-hetero) is 1. The third-order valence-corrected chi connectivity index (χ3v) is 5.53. The first-order valence-electron chi connectivity index (χ1n) is 9.74. The molecular formula is C21H22O11. The average Bonchev–Trinajstić information content (AvgIpc) is 2.76. The number of hydrogen-bond donors (Lipinski definition) is 7. The van der Waals surface area contributed by atoms with Crippen molar-refractivity contribution in [1.82, 2.24) is 0 Å². The van der Waals surface area contributed by atoms with Gasteiger partial charge in [-0.15, -0.1) is 0 Å². The Bertz CT molecular complexity index is 1020. The summed E-state index contributed by atoms with van der Waals surface area (Å²) in [5.74, 6) is -2.57. The van der Waals surface area contributed by atoms with Crippen molar-refractivity contribution in [1.29, 1.82) is 0 Å². The minimum atomic E-state index is -1.65. The van der Waals surface area contributed by atoms with Gasteiger partial charge in [0, 0.05) is 12.1 Å². The summed E-state index contributed by atoms with van der Waals surface area (Å²) < 4.78 is 16.4. The minimum absolute atomic E-state index is 0.00819. The molecule has 0 amide bonds. The Morgan fingerprint density at radius 3 is 2.38 bits per heavy atom. The number of benzene rings is 2. The maximum atomic E-state index is 13.0. The lowest BCUT2D eigenvalue weighted by Gasteiger charge is -2.39. The summed E-state index contributed by atoms with van der Waals surface area (Å²) in [6.45, 7) is -0.745. The van der Waals surface area contributed by atoms with Crippen LogP contribution in [0.5, 0.6) is 28.7 Å². The summed E-state index contributed by atoms with van der Waals surface area (Å²) in [6, 6.07) is 6.32. The molecule has 32 heavy (non-hydrogen) atoms. The second-order valence-corrected chi connectivity index (χ2v) is 7.61. The van der Waals surface area contributed by atoms with Gasteiger partial charge < -0.3 is 50.0 Å². The number of phenolic OH excluding ortho intramolecular Hbond substituents is 3. The highest BCUT2D eigenvalue weighted by molar-refractivity contribution is 6.06. The van der Waals surface area contributed by atoms with Crippen LogP contribution >= 0.6 is 0 Å². The van der Waals surface area contributed by atoms with E-state index in [1.54, 1.807) is 0 Å². The Hall–Kier alpha value is -3.09. The van der Waals surface area contributed by atoms with E-state index in [4.69, 9.17) is 14.2 Å². The molecule has 2 aliphatic heterocycles. The minimum Gasteiger partial charge on any atom is -0.507 e. The Kier molecular flexibility index (Phi) is 5.84. The number of ketones is 1. The van der Waals surface area contributed by atoms with Crippen LogP contribution in [0.4, 0.5) is 0 Å². The molecular weight excluding hydrogens is 428 g/mol. The van der Waals surface area contributed by atoms with Crippen LogP contribution in [0.15, 0.2) is 30.3 Å². The maximum absolute atomic E-state index is 13.0. The largest absolute Gasteiger partial charge is 0.507 e. The second-order valence-electron chi connectivity index (χ2n) is 7.61. The van der Waals surface area contributed by atoms with Crippen LogP contribution in [0.2, 0.25) is 0 Å². The van der Waals surface area contributed by atoms with Crippen LogP contribution in [0.3, 0.4) is 0 Å². The van der Waals surface area contributed by atoms with Crippen molar-refractivity contribution in [3.63, 3.8) is 0 Å². The summed E-state index contributed by atoms with van der Waals surface area (Å²) in [5.41, 5.74) is 0.270. The van der Waals surface area contributed by atoms with Crippen molar-refractivity contribution in [2.45, 2.75) is 36.6 Å². The van der Waals surface area contributed by atoms with Crippen LogP contribution in [0, 0.1) is 0 Å². The third-order valence-electron chi connectivity index (χ3n) is 5.53. The van der Waals surface area contributed by atoms with Crippen molar-refractivity contribution >= 4 is 5.78 Å². The Morgan fingerprint density at radius 2 is 1.69 bits per heavy atom. The van der Waals surface area contributed by atoms with E-state index in [0.717, 1.165) is 6.07 Å². The van der Waals surface area contributed by atoms with Crippen molar-refractivity contribution in [3.05, 3.63) is 41.5 Å². The van der Waals surface area contributed by atoms with Gasteiger partial charge in [0.05, 0.1) is 12.5 Å². The molecule has 0 radical (unpaired) electrons. The van der Waals surface area contributed by atoms with Crippen molar-refractivity contribution < 1.29 is 54.8 Å². The van der Waals surface area contributed by atoms with E-state index in [1.165, 1.54) is 24.3 Å². The van der Waals surface area contributed by atoms with Gasteiger partial charge >= 0.3 is 0 Å². The topological polar surface area (TPSA) is 186 Å². The zero-order valence-corrected chi connectivity index (χ0v) is 16.5. The van der Waals surface area contributed by atoms with E-state index in [0.29, 0.717) is 5.56 Å². The predicted octanol–water partition coefficient (Wildman–Crippen LogP) is -0.659. The third kappa shape index (κ3) is 3.80. The van der Waals surface area contributed by atoms with Gasteiger partial charge in [-0.2, -0.15) is 0 Å². The highest BCUT2D eigenvalue weighted by atomic mass is 16.7. The molecule has 2 aliphatic rings. The number of phenols is 3. The van der Waals surface area contributed by atoms with Gasteiger partial charge in [-0.05, 0) is 17.7 Å². The van der Waals surface area contributed by atoms with Crippen LogP contribution < -0.4 is 9.47 Å². The van der Waals surface area contributed by atoms with Crippen molar-refractivity contribution in [2.24, 2.45) is 0 Å². The molecule has 0 bridgehead atoms. The summed E-state index contributed by atoms with van der Waals surface area (Å²) in [7, 11) is 0. The Labute approximate surface area is 181 Å². The fraction of sp³-hybridized carbons (Fsp3) is 0.381. The van der Waals surface area contributed by atoms with Gasteiger partial charge in [0.2, 0.25) is 6.29 Å². The lowest BCUT2D eigenvalue weighted by molar-refractivity contribution is -0.277. The molecule has 1 saturated heterocycles. The van der Waals surface area contributed by atoms with E-state index >= 15 is 0 Å². The molecule has 11 nitrogen and oxygen atoms in total. The first-order valence-corrected chi connectivity index (χ1v) is 9.74. The molecule has 2 heterocycles. The Morgan fingerprint density at radius 1 is 0.938 bits per heavy atom. The number of aliphatic hydroxyl groups excluding tert-OH is 4. The normalized spacial score (nSPS) is 29.8. The van der Waals surface area contributed by atoms with Gasteiger partial charge in [-0.3, -0.25) is 4.79 Å². The highest BCUT2D eigenvalue weighted by Gasteiger charge is 2.45. The fourth-order valence-electron chi connectivity index (χ4n) is 3.73. The van der Waals surface area contributed by atoms with E-state index in [1.807, 2.05) is 0 Å². The van der Waals surface area contributed by atoms with E-state index in [2.05, 4.69) is 0 Å². The molecule has 0 saturated carbocycles. The molecule has 6 unspecified atom stereocenters. The molecule has 172 valence electrons. The predicted molar refractivity (Wildman–Crippen MR) is 105 cm³/mol. The molecule has 0 aliphatic carbocycles. The average molecular weight is 450 g/mol. The number of hydrogen-bond acceptors (Lipinski definition) is 11. The summed E-state index contributed by atoms with van der Waals surface area (Å²) in [4.78, 5) is 13.0. The molecule has 2 aromatic carbocycles. The summed E-state index contributed by atoms with van der Waals surface area (Å²) in [5, 5.41) is 68.7.